The van der Waals surface area contributed by atoms with E-state index in [4.69, 9.17) is 37.0 Å². The molecule has 0 aromatic heterocycles. The van der Waals surface area contributed by atoms with Crippen molar-refractivity contribution >= 4 is 39.5 Å². The van der Waals surface area contributed by atoms with Crippen LogP contribution in [0.5, 0.6) is 0 Å². The SMILES string of the molecule is CCCCCCCCCCCCCCCCCCCCC(=O)O[C@H](COC(=O)CCCCCCCCC(C)CC)COP(=O)(O)OC[C@H](O)COP(=O)(O)OC[C@@H](COC(=O)CCCCCCCCCCCCCCCCC(C)CC)OC(=O)CCCCCCCCCCCCCCCCCCCCC(C)C. The molecule has 0 spiro atoms. The van der Waals surface area contributed by atoms with Crippen LogP contribution < -0.4 is 0 Å². The van der Waals surface area contributed by atoms with Crippen LogP contribution in [0.1, 0.15) is 466 Å². The van der Waals surface area contributed by atoms with Gasteiger partial charge in [0, 0.05) is 25.7 Å². The molecule has 0 saturated heterocycles. The Hall–Kier alpha value is -1.94. The Morgan fingerprint density at radius 3 is 0.710 bits per heavy atom. The minimum absolute atomic E-state index is 0.108. The van der Waals surface area contributed by atoms with Gasteiger partial charge in [-0.2, -0.15) is 0 Å². The quantitative estimate of drug-likeness (QED) is 0.0222. The summed E-state index contributed by atoms with van der Waals surface area (Å²) < 4.78 is 69.0. The van der Waals surface area contributed by atoms with Crippen molar-refractivity contribution in [2.45, 2.75) is 484 Å². The first-order valence-electron chi connectivity index (χ1n) is 45.4. The lowest BCUT2D eigenvalue weighted by molar-refractivity contribution is -0.161. The highest BCUT2D eigenvalue weighted by Crippen LogP contribution is 2.45. The molecule has 0 radical (unpaired) electrons. The third kappa shape index (κ3) is 79.1. The number of hydrogen-bond acceptors (Lipinski definition) is 15. The van der Waals surface area contributed by atoms with Crippen molar-refractivity contribution in [2.24, 2.45) is 17.8 Å². The Morgan fingerprint density at radius 1 is 0.271 bits per heavy atom. The predicted molar refractivity (Wildman–Crippen MR) is 441 cm³/mol. The molecule has 0 aromatic rings. The summed E-state index contributed by atoms with van der Waals surface area (Å²) in [4.78, 5) is 73.3. The zero-order chi connectivity index (χ0) is 78.6. The number of phosphoric ester groups is 2. The van der Waals surface area contributed by atoms with Crippen LogP contribution in [0.4, 0.5) is 0 Å². The summed E-state index contributed by atoms with van der Waals surface area (Å²) in [6.07, 6.45) is 69.4. The van der Waals surface area contributed by atoms with Gasteiger partial charge >= 0.3 is 39.5 Å². The highest BCUT2D eigenvalue weighted by atomic mass is 31.2. The van der Waals surface area contributed by atoms with E-state index in [2.05, 4.69) is 48.5 Å². The molecule has 0 aliphatic rings. The van der Waals surface area contributed by atoms with Crippen LogP contribution in [0.25, 0.3) is 0 Å². The summed E-state index contributed by atoms with van der Waals surface area (Å²) in [7, 11) is -9.93. The maximum atomic E-state index is 13.2. The smallest absolute Gasteiger partial charge is 0.462 e. The van der Waals surface area contributed by atoms with Crippen molar-refractivity contribution < 1.29 is 80.2 Å². The van der Waals surface area contributed by atoms with Crippen molar-refractivity contribution in [3.63, 3.8) is 0 Å². The summed E-state index contributed by atoms with van der Waals surface area (Å²) in [6.45, 7) is 12.0. The summed E-state index contributed by atoms with van der Waals surface area (Å²) in [5.74, 6) is 0.298. The minimum atomic E-state index is -4.97. The van der Waals surface area contributed by atoms with E-state index >= 15 is 0 Å². The molecule has 0 rings (SSSR count). The molecule has 17 nitrogen and oxygen atoms in total. The Bertz CT molecular complexity index is 2060. The van der Waals surface area contributed by atoms with Gasteiger partial charge in [-0.15, -0.1) is 0 Å². The van der Waals surface area contributed by atoms with Gasteiger partial charge in [-0.3, -0.25) is 37.3 Å². The number of hydrogen-bond donors (Lipinski definition) is 3. The van der Waals surface area contributed by atoms with Gasteiger partial charge in [-0.1, -0.05) is 414 Å². The van der Waals surface area contributed by atoms with Gasteiger partial charge in [-0.25, -0.2) is 9.13 Å². The first-order chi connectivity index (χ1) is 51.8. The maximum Gasteiger partial charge on any atom is 0.472 e. The number of aliphatic hydroxyl groups is 1. The number of phosphoric acid groups is 2. The van der Waals surface area contributed by atoms with Gasteiger partial charge in [0.25, 0.3) is 0 Å². The first-order valence-corrected chi connectivity index (χ1v) is 48.4. The molecule has 0 aromatic carbocycles. The number of ether oxygens (including phenoxy) is 4. The lowest BCUT2D eigenvalue weighted by Crippen LogP contribution is -2.30. The molecule has 636 valence electrons. The Labute approximate surface area is 658 Å². The van der Waals surface area contributed by atoms with E-state index in [1.807, 2.05) is 0 Å². The van der Waals surface area contributed by atoms with Gasteiger partial charge < -0.3 is 33.8 Å². The predicted octanol–water partition coefficient (Wildman–Crippen LogP) is 26.9. The Balaban J connectivity index is 5.23. The van der Waals surface area contributed by atoms with E-state index in [0.29, 0.717) is 25.7 Å². The molecule has 4 unspecified atom stereocenters. The molecule has 7 atom stereocenters. The summed E-state index contributed by atoms with van der Waals surface area (Å²) >= 11 is 0. The van der Waals surface area contributed by atoms with Gasteiger partial charge in [-0.05, 0) is 43.4 Å². The fourth-order valence-corrected chi connectivity index (χ4v) is 15.2. The van der Waals surface area contributed by atoms with Crippen molar-refractivity contribution in [3.05, 3.63) is 0 Å². The van der Waals surface area contributed by atoms with Crippen molar-refractivity contribution in [1.82, 2.24) is 0 Å². The highest BCUT2D eigenvalue weighted by molar-refractivity contribution is 7.47. The zero-order valence-electron chi connectivity index (χ0n) is 70.6. The lowest BCUT2D eigenvalue weighted by atomic mass is 9.99. The molecule has 0 aliphatic carbocycles. The largest absolute Gasteiger partial charge is 0.472 e. The summed E-state index contributed by atoms with van der Waals surface area (Å²) in [6, 6.07) is 0. The van der Waals surface area contributed by atoms with Crippen molar-refractivity contribution in [3.8, 4) is 0 Å². The van der Waals surface area contributed by atoms with Crippen LogP contribution >= 0.6 is 15.6 Å². The average molecular weight is 1560 g/mol. The highest BCUT2D eigenvalue weighted by Gasteiger charge is 2.31. The number of rotatable bonds is 86. The molecule has 0 aliphatic heterocycles. The fourth-order valence-electron chi connectivity index (χ4n) is 13.7. The summed E-state index contributed by atoms with van der Waals surface area (Å²) in [5.41, 5.74) is 0. The van der Waals surface area contributed by atoms with E-state index in [1.165, 1.54) is 270 Å². The van der Waals surface area contributed by atoms with E-state index in [1.54, 1.807) is 0 Å². The fraction of sp³-hybridized carbons (Fsp3) is 0.955. The van der Waals surface area contributed by atoms with Crippen LogP contribution in [0, 0.1) is 17.8 Å². The second-order valence-corrected chi connectivity index (χ2v) is 35.5. The molecular weight excluding hydrogens is 1390 g/mol. The normalized spacial score (nSPS) is 14.3. The molecular formula is C88H172O17P2. The van der Waals surface area contributed by atoms with Crippen LogP contribution in [-0.2, 0) is 65.4 Å². The lowest BCUT2D eigenvalue weighted by Gasteiger charge is -2.21. The maximum absolute atomic E-state index is 13.2. The van der Waals surface area contributed by atoms with Gasteiger partial charge in [0.05, 0.1) is 26.4 Å². The van der Waals surface area contributed by atoms with Crippen LogP contribution in [0.15, 0.2) is 0 Å². The number of esters is 4. The van der Waals surface area contributed by atoms with Crippen LogP contribution in [-0.4, -0.2) is 96.7 Å². The molecule has 3 N–H and O–H groups in total. The molecule has 0 bridgehead atoms. The molecule has 0 amide bonds. The monoisotopic (exact) mass is 1560 g/mol. The van der Waals surface area contributed by atoms with E-state index < -0.39 is 97.5 Å². The Kier molecular flexibility index (Phi) is 76.6. The van der Waals surface area contributed by atoms with Crippen molar-refractivity contribution in [1.29, 1.82) is 0 Å². The number of unbranched alkanes of at least 4 members (excludes halogenated alkanes) is 52. The van der Waals surface area contributed by atoms with Crippen LogP contribution in [0.2, 0.25) is 0 Å². The molecule has 0 fully saturated rings. The van der Waals surface area contributed by atoms with E-state index in [9.17, 15) is 43.2 Å². The number of aliphatic hydroxyl groups excluding tert-OH is 1. The molecule has 0 saturated carbocycles. The molecule has 19 heteroatoms. The number of carbonyl (C=O) groups is 4. The third-order valence-electron chi connectivity index (χ3n) is 21.4. The van der Waals surface area contributed by atoms with Crippen molar-refractivity contribution in [2.75, 3.05) is 39.6 Å². The van der Waals surface area contributed by atoms with E-state index in [-0.39, 0.29) is 25.7 Å². The van der Waals surface area contributed by atoms with E-state index in [0.717, 1.165) is 114 Å². The molecule has 0 heterocycles. The van der Waals surface area contributed by atoms with Crippen LogP contribution in [0.3, 0.4) is 0 Å². The topological polar surface area (TPSA) is 237 Å². The van der Waals surface area contributed by atoms with Gasteiger partial charge in [0.15, 0.2) is 12.2 Å². The average Bonchev–Trinajstić information content (AvgIpc) is 0.905. The van der Waals surface area contributed by atoms with Gasteiger partial charge in [0.1, 0.15) is 19.3 Å². The summed E-state index contributed by atoms with van der Waals surface area (Å²) in [5, 5.41) is 10.7. The second kappa shape index (κ2) is 78.0. The third-order valence-corrected chi connectivity index (χ3v) is 23.3. The Morgan fingerprint density at radius 2 is 0.477 bits per heavy atom. The zero-order valence-corrected chi connectivity index (χ0v) is 72.4. The second-order valence-electron chi connectivity index (χ2n) is 32.6. The van der Waals surface area contributed by atoms with Gasteiger partial charge in [0.2, 0.25) is 0 Å². The first kappa shape index (κ1) is 105. The molecule has 107 heavy (non-hydrogen) atoms. The number of carbonyl (C=O) groups excluding carboxylic acids is 4. The minimum Gasteiger partial charge on any atom is -0.462 e. The standard InChI is InChI=1S/C88H172O17P2/c1-8-11-12-13-14-15-16-17-18-19-23-26-33-38-43-48-57-65-72-88(93)105-84(76-99-86(91)70-63-56-51-50-54-61-68-81(7)10-3)78-103-107(96,97)101-74-82(89)73-100-106(94,95)102-77-83(75-98-85(90)69-62-55-47-42-37-32-29-28-31-36-41-46-53-60-67-80(6)9-2)104-87(92)71-64-58-49-44-39-34-27-24-21-20-22-25-30-35-40-45-52-59-66-79(4)5/h79-84,89H,8-78H2,1-7H3,(H,94,95)(H,96,97)/t80?,81?,82-,83-,84-/m1/s1.